The second-order valence-corrected chi connectivity index (χ2v) is 6.89. The molecule has 0 amide bonds. The Balaban J connectivity index is 1.68. The Morgan fingerprint density at radius 2 is 1.86 bits per heavy atom. The minimum absolute atomic E-state index is 0.0398. The second-order valence-electron chi connectivity index (χ2n) is 6.89. The standard InChI is InChI=1S/C20H16F3N5/c21-20(22,23)17-11-18(28-19(26-17)24-12-25-28)27-10-4-9-16(27)15-8-3-6-13-5-1-2-7-14(13)15/h1-3,5-8,11-12,16H,4,9-10H2. The Bertz CT molecular complexity index is 1160. The molecule has 1 atom stereocenters. The monoisotopic (exact) mass is 383 g/mol. The van der Waals surface area contributed by atoms with Crippen molar-refractivity contribution in [2.45, 2.75) is 25.1 Å². The van der Waals surface area contributed by atoms with Gasteiger partial charge < -0.3 is 4.90 Å². The van der Waals surface area contributed by atoms with Crippen LogP contribution < -0.4 is 4.90 Å². The maximum absolute atomic E-state index is 13.4. The third-order valence-corrected chi connectivity index (χ3v) is 5.25. The molecule has 2 aromatic heterocycles. The molecule has 2 aromatic carbocycles. The Morgan fingerprint density at radius 1 is 1.04 bits per heavy atom. The van der Waals surface area contributed by atoms with E-state index in [-0.39, 0.29) is 11.8 Å². The van der Waals surface area contributed by atoms with Crippen molar-refractivity contribution in [2.24, 2.45) is 0 Å². The van der Waals surface area contributed by atoms with Gasteiger partial charge in [0.1, 0.15) is 12.1 Å². The molecule has 5 rings (SSSR count). The first-order valence-electron chi connectivity index (χ1n) is 9.05. The van der Waals surface area contributed by atoms with Gasteiger partial charge in [-0.2, -0.15) is 27.8 Å². The van der Waals surface area contributed by atoms with Gasteiger partial charge in [0.25, 0.3) is 5.78 Å². The van der Waals surface area contributed by atoms with Crippen LogP contribution in [0.5, 0.6) is 0 Å². The summed E-state index contributed by atoms with van der Waals surface area (Å²) in [4.78, 5) is 9.50. The van der Waals surface area contributed by atoms with Crippen molar-refractivity contribution in [1.82, 2.24) is 19.6 Å². The largest absolute Gasteiger partial charge is 0.433 e. The fourth-order valence-corrected chi connectivity index (χ4v) is 4.05. The Labute approximate surface area is 158 Å². The first-order chi connectivity index (χ1) is 13.5. The summed E-state index contributed by atoms with van der Waals surface area (Å²) in [5, 5.41) is 6.34. The predicted octanol–water partition coefficient (Wildman–Crippen LogP) is 4.64. The topological polar surface area (TPSA) is 46.3 Å². The lowest BCUT2D eigenvalue weighted by atomic mass is 9.97. The lowest BCUT2D eigenvalue weighted by Crippen LogP contribution is -2.26. The van der Waals surface area contributed by atoms with Crippen LogP contribution >= 0.6 is 0 Å². The van der Waals surface area contributed by atoms with Crippen molar-refractivity contribution in [3.63, 3.8) is 0 Å². The molecule has 0 aliphatic carbocycles. The van der Waals surface area contributed by atoms with Crippen LogP contribution in [0.3, 0.4) is 0 Å². The third-order valence-electron chi connectivity index (χ3n) is 5.25. The van der Waals surface area contributed by atoms with E-state index in [0.717, 1.165) is 35.2 Å². The number of benzene rings is 2. The van der Waals surface area contributed by atoms with Crippen LogP contribution in [0.1, 0.15) is 30.1 Å². The zero-order valence-corrected chi connectivity index (χ0v) is 14.8. The van der Waals surface area contributed by atoms with Crippen LogP contribution in [-0.4, -0.2) is 26.1 Å². The SMILES string of the molecule is FC(F)(F)c1cc(N2CCCC2c2cccc3ccccc23)n2ncnc2n1. The maximum atomic E-state index is 13.4. The van der Waals surface area contributed by atoms with Crippen LogP contribution in [0, 0.1) is 0 Å². The second kappa shape index (κ2) is 6.19. The number of anilines is 1. The van der Waals surface area contributed by atoms with Crippen molar-refractivity contribution in [3.8, 4) is 0 Å². The van der Waals surface area contributed by atoms with Crippen molar-refractivity contribution in [3.05, 3.63) is 66.1 Å². The number of hydrogen-bond acceptors (Lipinski definition) is 4. The van der Waals surface area contributed by atoms with E-state index in [1.165, 1.54) is 10.8 Å². The summed E-state index contributed by atoms with van der Waals surface area (Å²) in [7, 11) is 0. The molecule has 1 unspecified atom stereocenters. The molecule has 3 heterocycles. The Morgan fingerprint density at radius 3 is 2.71 bits per heavy atom. The maximum Gasteiger partial charge on any atom is 0.433 e. The van der Waals surface area contributed by atoms with Gasteiger partial charge >= 0.3 is 6.18 Å². The summed E-state index contributed by atoms with van der Waals surface area (Å²) in [5.41, 5.74) is 0.154. The molecule has 1 saturated heterocycles. The van der Waals surface area contributed by atoms with Crippen molar-refractivity contribution in [1.29, 1.82) is 0 Å². The van der Waals surface area contributed by atoms with Gasteiger partial charge in [-0.1, -0.05) is 42.5 Å². The van der Waals surface area contributed by atoms with Crippen LogP contribution in [0.2, 0.25) is 0 Å². The van der Waals surface area contributed by atoms with Crippen LogP contribution in [0.15, 0.2) is 54.9 Å². The number of hydrogen-bond donors (Lipinski definition) is 0. The van der Waals surface area contributed by atoms with Gasteiger partial charge in [0.15, 0.2) is 5.69 Å². The predicted molar refractivity (Wildman–Crippen MR) is 99.1 cm³/mol. The fourth-order valence-electron chi connectivity index (χ4n) is 4.05. The van der Waals surface area contributed by atoms with E-state index in [1.807, 2.05) is 35.2 Å². The van der Waals surface area contributed by atoms with Gasteiger partial charge in [-0.05, 0) is 29.2 Å². The van der Waals surface area contributed by atoms with E-state index in [9.17, 15) is 13.2 Å². The molecule has 0 spiro atoms. The summed E-state index contributed by atoms with van der Waals surface area (Å²) in [6, 6.07) is 15.2. The van der Waals surface area contributed by atoms with E-state index in [1.54, 1.807) is 0 Å². The quantitative estimate of drug-likeness (QED) is 0.506. The summed E-state index contributed by atoms with van der Waals surface area (Å²) in [6.45, 7) is 0.643. The molecule has 1 aliphatic rings. The van der Waals surface area contributed by atoms with Gasteiger partial charge in [-0.3, -0.25) is 0 Å². The normalized spacial score (nSPS) is 17.7. The summed E-state index contributed by atoms with van der Waals surface area (Å²) >= 11 is 0. The highest BCUT2D eigenvalue weighted by atomic mass is 19.4. The van der Waals surface area contributed by atoms with Gasteiger partial charge in [-0.15, -0.1) is 0 Å². The molecule has 5 nitrogen and oxygen atoms in total. The molecule has 0 bridgehead atoms. The highest BCUT2D eigenvalue weighted by Crippen LogP contribution is 2.40. The summed E-state index contributed by atoms with van der Waals surface area (Å²) in [5.74, 6) is 0.318. The number of alkyl halides is 3. The van der Waals surface area contributed by atoms with Crippen molar-refractivity contribution >= 4 is 22.4 Å². The average molecular weight is 383 g/mol. The van der Waals surface area contributed by atoms with E-state index < -0.39 is 11.9 Å². The zero-order chi connectivity index (χ0) is 19.3. The number of nitrogens with zero attached hydrogens (tertiary/aromatic N) is 5. The molecular weight excluding hydrogens is 367 g/mol. The van der Waals surface area contributed by atoms with E-state index in [4.69, 9.17) is 0 Å². The fraction of sp³-hybridized carbons (Fsp3) is 0.250. The average Bonchev–Trinajstić information content (AvgIpc) is 3.35. The summed E-state index contributed by atoms with van der Waals surface area (Å²) < 4.78 is 41.5. The number of aromatic nitrogens is 4. The molecule has 0 N–H and O–H groups in total. The molecule has 0 radical (unpaired) electrons. The first-order valence-corrected chi connectivity index (χ1v) is 9.05. The van der Waals surface area contributed by atoms with E-state index in [0.29, 0.717) is 12.4 Å². The lowest BCUT2D eigenvalue weighted by Gasteiger charge is -2.28. The summed E-state index contributed by atoms with van der Waals surface area (Å²) in [6.07, 6.45) is -1.58. The molecule has 0 saturated carbocycles. The highest BCUT2D eigenvalue weighted by molar-refractivity contribution is 5.86. The zero-order valence-electron chi connectivity index (χ0n) is 14.8. The molecule has 28 heavy (non-hydrogen) atoms. The number of fused-ring (bicyclic) bond motifs is 2. The third kappa shape index (κ3) is 2.67. The van der Waals surface area contributed by atoms with Gasteiger partial charge in [0.2, 0.25) is 0 Å². The van der Waals surface area contributed by atoms with Gasteiger partial charge in [0.05, 0.1) is 6.04 Å². The molecule has 4 aromatic rings. The Hall–Kier alpha value is -3.16. The van der Waals surface area contributed by atoms with Crippen molar-refractivity contribution < 1.29 is 13.2 Å². The molecular formula is C20H16F3N5. The molecule has 1 aliphatic heterocycles. The van der Waals surface area contributed by atoms with Crippen LogP contribution in [0.25, 0.3) is 16.6 Å². The minimum atomic E-state index is -4.54. The molecule has 8 heteroatoms. The lowest BCUT2D eigenvalue weighted by molar-refractivity contribution is -0.141. The molecule has 142 valence electrons. The highest BCUT2D eigenvalue weighted by Gasteiger charge is 2.36. The van der Waals surface area contributed by atoms with E-state index >= 15 is 0 Å². The minimum Gasteiger partial charge on any atom is -0.349 e. The van der Waals surface area contributed by atoms with Gasteiger partial charge in [-0.25, -0.2) is 4.98 Å². The van der Waals surface area contributed by atoms with Crippen LogP contribution in [0.4, 0.5) is 19.0 Å². The molecule has 1 fully saturated rings. The smallest absolute Gasteiger partial charge is 0.349 e. The number of halogens is 3. The first kappa shape index (κ1) is 17.0. The number of rotatable bonds is 2. The van der Waals surface area contributed by atoms with Crippen molar-refractivity contribution in [2.75, 3.05) is 11.4 Å². The van der Waals surface area contributed by atoms with E-state index in [2.05, 4.69) is 27.2 Å². The van der Waals surface area contributed by atoms with Gasteiger partial charge in [0, 0.05) is 12.6 Å². The van der Waals surface area contributed by atoms with Crippen LogP contribution in [-0.2, 0) is 6.18 Å². The Kier molecular flexibility index (Phi) is 3.75.